The number of hydrogen-bond acceptors (Lipinski definition) is 4. The van der Waals surface area contributed by atoms with Gasteiger partial charge in [0.2, 0.25) is 5.91 Å². The van der Waals surface area contributed by atoms with Gasteiger partial charge in [0.15, 0.2) is 0 Å². The van der Waals surface area contributed by atoms with Gasteiger partial charge in [0.05, 0.1) is 0 Å². The molecule has 3 fully saturated rings. The lowest BCUT2D eigenvalue weighted by atomic mass is 9.89. The third-order valence-corrected chi connectivity index (χ3v) is 7.16. The van der Waals surface area contributed by atoms with Gasteiger partial charge in [0.25, 0.3) is 0 Å². The van der Waals surface area contributed by atoms with E-state index in [9.17, 15) is 9.59 Å². The maximum absolute atomic E-state index is 13.0. The molecule has 158 valence electrons. The molecule has 1 aliphatic carbocycles. The minimum atomic E-state index is 0.172. The molecule has 3 aliphatic rings. The van der Waals surface area contributed by atoms with E-state index in [2.05, 4.69) is 14.7 Å². The van der Waals surface area contributed by atoms with E-state index in [4.69, 9.17) is 0 Å². The lowest BCUT2D eigenvalue weighted by molar-refractivity contribution is -0.138. The summed E-state index contributed by atoms with van der Waals surface area (Å²) in [4.78, 5) is 30.9. The van der Waals surface area contributed by atoms with Crippen molar-refractivity contribution in [2.75, 3.05) is 50.7 Å². The Morgan fingerprint density at radius 1 is 0.862 bits per heavy atom. The molecule has 0 bridgehead atoms. The number of anilines is 1. The molecule has 0 N–H and O–H groups in total. The maximum atomic E-state index is 13.0. The van der Waals surface area contributed by atoms with E-state index in [0.717, 1.165) is 70.0 Å². The number of rotatable bonds is 5. The van der Waals surface area contributed by atoms with Gasteiger partial charge in [-0.1, -0.05) is 19.3 Å². The van der Waals surface area contributed by atoms with Gasteiger partial charge in [-0.3, -0.25) is 14.5 Å². The predicted molar refractivity (Wildman–Crippen MR) is 116 cm³/mol. The van der Waals surface area contributed by atoms with Crippen LogP contribution in [0.15, 0.2) is 24.3 Å². The monoisotopic (exact) mass is 397 g/mol. The lowest BCUT2D eigenvalue weighted by Gasteiger charge is -2.40. The number of aldehydes is 1. The van der Waals surface area contributed by atoms with Gasteiger partial charge in [-0.25, -0.2) is 0 Å². The van der Waals surface area contributed by atoms with Crippen LogP contribution < -0.4 is 4.90 Å². The van der Waals surface area contributed by atoms with Gasteiger partial charge in [0, 0.05) is 63.0 Å². The second-order valence-electron chi connectivity index (χ2n) is 9.10. The van der Waals surface area contributed by atoms with Crippen molar-refractivity contribution in [3.05, 3.63) is 29.8 Å². The molecule has 2 heterocycles. The molecule has 0 radical (unpaired) electrons. The van der Waals surface area contributed by atoms with Gasteiger partial charge in [-0.2, -0.15) is 0 Å². The summed E-state index contributed by atoms with van der Waals surface area (Å²) >= 11 is 0. The quantitative estimate of drug-likeness (QED) is 0.714. The average Bonchev–Trinajstić information content (AvgIpc) is 2.80. The molecular formula is C24H35N3O2. The first kappa shape index (κ1) is 20.4. The number of nitrogens with zero attached hydrogens (tertiary/aromatic N) is 3. The zero-order valence-corrected chi connectivity index (χ0v) is 17.6. The summed E-state index contributed by atoms with van der Waals surface area (Å²) in [5.41, 5.74) is 1.86. The first-order valence-corrected chi connectivity index (χ1v) is 11.5. The van der Waals surface area contributed by atoms with E-state index in [1.54, 1.807) is 0 Å². The molecule has 5 heteroatoms. The first-order valence-electron chi connectivity index (χ1n) is 11.5. The normalized spacial score (nSPS) is 22.6. The van der Waals surface area contributed by atoms with E-state index in [0.29, 0.717) is 11.5 Å². The van der Waals surface area contributed by atoms with Gasteiger partial charge >= 0.3 is 0 Å². The van der Waals surface area contributed by atoms with Crippen LogP contribution in [0, 0.1) is 11.8 Å². The molecule has 0 unspecified atom stereocenters. The summed E-state index contributed by atoms with van der Waals surface area (Å²) < 4.78 is 0. The molecular weight excluding hydrogens is 362 g/mol. The summed E-state index contributed by atoms with van der Waals surface area (Å²) in [7, 11) is 0. The summed E-state index contributed by atoms with van der Waals surface area (Å²) in [5, 5.41) is 0. The largest absolute Gasteiger partial charge is 0.371 e. The van der Waals surface area contributed by atoms with E-state index in [-0.39, 0.29) is 5.92 Å². The number of piperazine rings is 1. The van der Waals surface area contributed by atoms with E-state index in [1.807, 2.05) is 24.3 Å². The first-order chi connectivity index (χ1) is 14.2. The van der Waals surface area contributed by atoms with Crippen LogP contribution in [0.5, 0.6) is 0 Å². The predicted octanol–water partition coefficient (Wildman–Crippen LogP) is 3.44. The molecule has 0 atom stereocenters. The Hall–Kier alpha value is -1.88. The fraction of sp³-hybridized carbons (Fsp3) is 0.667. The second kappa shape index (κ2) is 9.75. The average molecular weight is 398 g/mol. The van der Waals surface area contributed by atoms with Crippen molar-refractivity contribution >= 4 is 17.9 Å². The summed E-state index contributed by atoms with van der Waals surface area (Å²) in [6.45, 7) is 6.96. The fourth-order valence-electron chi connectivity index (χ4n) is 5.29. The van der Waals surface area contributed by atoms with Crippen LogP contribution >= 0.6 is 0 Å². The van der Waals surface area contributed by atoms with E-state index >= 15 is 0 Å². The van der Waals surface area contributed by atoms with E-state index in [1.165, 1.54) is 38.6 Å². The van der Waals surface area contributed by atoms with Crippen LogP contribution in [0.1, 0.15) is 55.3 Å². The Balaban J connectivity index is 1.21. The highest BCUT2D eigenvalue weighted by Gasteiger charge is 2.31. The molecule has 1 aromatic carbocycles. The fourth-order valence-corrected chi connectivity index (χ4v) is 5.29. The highest BCUT2D eigenvalue weighted by molar-refractivity contribution is 5.79. The standard InChI is InChI=1S/C24H35N3O2/c28-19-21-6-8-23(9-7-21)26-12-10-22(11-13-26)24(29)27-16-14-25(15-17-27)18-20-4-2-1-3-5-20/h6-9,19-20,22H,1-5,10-18H2. The van der Waals surface area contributed by atoms with Crippen LogP contribution in [0.2, 0.25) is 0 Å². The van der Waals surface area contributed by atoms with Crippen molar-refractivity contribution in [3.63, 3.8) is 0 Å². The number of carbonyl (C=O) groups excluding carboxylic acids is 2. The number of piperidine rings is 1. The molecule has 29 heavy (non-hydrogen) atoms. The molecule has 2 aliphatic heterocycles. The molecule has 1 aromatic rings. The molecule has 1 saturated carbocycles. The number of carbonyl (C=O) groups is 2. The Morgan fingerprint density at radius 3 is 2.14 bits per heavy atom. The molecule has 4 rings (SSSR count). The summed E-state index contributed by atoms with van der Waals surface area (Å²) in [5.74, 6) is 1.43. The van der Waals surface area contributed by atoms with Gasteiger partial charge in [-0.15, -0.1) is 0 Å². The zero-order chi connectivity index (χ0) is 20.1. The minimum Gasteiger partial charge on any atom is -0.371 e. The third-order valence-electron chi connectivity index (χ3n) is 7.16. The topological polar surface area (TPSA) is 43.9 Å². The van der Waals surface area contributed by atoms with Gasteiger partial charge < -0.3 is 9.80 Å². The van der Waals surface area contributed by atoms with Crippen molar-refractivity contribution < 1.29 is 9.59 Å². The molecule has 5 nitrogen and oxygen atoms in total. The van der Waals surface area contributed by atoms with Crippen LogP contribution in [-0.2, 0) is 4.79 Å². The van der Waals surface area contributed by atoms with Crippen molar-refractivity contribution in [1.82, 2.24) is 9.80 Å². The Morgan fingerprint density at radius 2 is 1.52 bits per heavy atom. The minimum absolute atomic E-state index is 0.172. The zero-order valence-electron chi connectivity index (χ0n) is 17.6. The van der Waals surface area contributed by atoms with Crippen molar-refractivity contribution in [1.29, 1.82) is 0 Å². The Kier molecular flexibility index (Phi) is 6.86. The number of amides is 1. The number of hydrogen-bond donors (Lipinski definition) is 0. The SMILES string of the molecule is O=Cc1ccc(N2CCC(C(=O)N3CCN(CC4CCCCC4)CC3)CC2)cc1. The third kappa shape index (κ3) is 5.19. The lowest BCUT2D eigenvalue weighted by Crippen LogP contribution is -2.52. The number of benzene rings is 1. The highest BCUT2D eigenvalue weighted by Crippen LogP contribution is 2.27. The Bertz CT molecular complexity index is 668. The van der Waals surface area contributed by atoms with Crippen LogP contribution in [-0.4, -0.2) is 67.8 Å². The van der Waals surface area contributed by atoms with Crippen molar-refractivity contribution in [2.24, 2.45) is 11.8 Å². The van der Waals surface area contributed by atoms with Crippen LogP contribution in [0.3, 0.4) is 0 Å². The smallest absolute Gasteiger partial charge is 0.225 e. The van der Waals surface area contributed by atoms with Crippen LogP contribution in [0.4, 0.5) is 5.69 Å². The summed E-state index contributed by atoms with van der Waals surface area (Å²) in [6, 6.07) is 7.76. The van der Waals surface area contributed by atoms with Crippen LogP contribution in [0.25, 0.3) is 0 Å². The second-order valence-corrected chi connectivity index (χ2v) is 9.10. The van der Waals surface area contributed by atoms with Crippen molar-refractivity contribution in [3.8, 4) is 0 Å². The highest BCUT2D eigenvalue weighted by atomic mass is 16.2. The molecule has 0 spiro atoms. The van der Waals surface area contributed by atoms with E-state index < -0.39 is 0 Å². The molecule has 0 aromatic heterocycles. The van der Waals surface area contributed by atoms with Crippen molar-refractivity contribution in [2.45, 2.75) is 44.9 Å². The molecule has 1 amide bonds. The maximum Gasteiger partial charge on any atom is 0.225 e. The Labute approximate surface area is 175 Å². The summed E-state index contributed by atoms with van der Waals surface area (Å²) in [6.07, 6.45) is 9.76. The molecule has 2 saturated heterocycles. The van der Waals surface area contributed by atoms with Gasteiger partial charge in [-0.05, 0) is 55.9 Å². The van der Waals surface area contributed by atoms with Gasteiger partial charge in [0.1, 0.15) is 6.29 Å².